The van der Waals surface area contributed by atoms with Crippen LogP contribution in [0.1, 0.15) is 24.4 Å². The van der Waals surface area contributed by atoms with Crippen molar-refractivity contribution in [1.82, 2.24) is 25.0 Å². The topological polar surface area (TPSA) is 191 Å². The lowest BCUT2D eigenvalue weighted by Gasteiger charge is -2.49. The van der Waals surface area contributed by atoms with E-state index in [1.165, 1.54) is 65.1 Å². The van der Waals surface area contributed by atoms with E-state index < -0.39 is 40.8 Å². The van der Waals surface area contributed by atoms with Crippen LogP contribution in [-0.2, 0) is 30.6 Å². The molecule has 2 amide bonds. The smallest absolute Gasteiger partial charge is 0.352 e. The second kappa shape index (κ2) is 11.7. The quantitative estimate of drug-likeness (QED) is 0.103. The lowest BCUT2D eigenvalue weighted by Crippen LogP contribution is -2.71. The predicted molar refractivity (Wildman–Crippen MR) is 160 cm³/mol. The highest BCUT2D eigenvalue weighted by Gasteiger charge is 2.54. The van der Waals surface area contributed by atoms with Crippen LogP contribution in [-0.4, -0.2) is 101 Å². The van der Waals surface area contributed by atoms with E-state index in [1.807, 2.05) is 24.2 Å². The number of hydrogen-bond donors (Lipinski definition) is 4. The van der Waals surface area contributed by atoms with Gasteiger partial charge in [-0.15, -0.1) is 23.1 Å². The first-order valence-electron chi connectivity index (χ1n) is 12.4. The third-order valence-corrected chi connectivity index (χ3v) is 11.0. The zero-order valence-electron chi connectivity index (χ0n) is 22.6. The first-order valence-corrected chi connectivity index (χ1v) is 16.3. The summed E-state index contributed by atoms with van der Waals surface area (Å²) in [6.45, 7) is 3.25. The number of aromatic nitrogens is 1. The van der Waals surface area contributed by atoms with Crippen molar-refractivity contribution in [1.29, 1.82) is 0 Å². The van der Waals surface area contributed by atoms with Crippen LogP contribution in [0.15, 0.2) is 38.2 Å². The molecule has 14 nitrogen and oxygen atoms in total. The highest BCUT2D eigenvalue weighted by atomic mass is 32.2. The third-order valence-electron chi connectivity index (χ3n) is 6.50. The number of nitrogens with zero attached hydrogens (tertiary/aromatic N) is 5. The maximum Gasteiger partial charge on any atom is 0.352 e. The molecule has 5 rings (SSSR count). The predicted octanol–water partition coefficient (Wildman–Crippen LogP) is 1.35. The van der Waals surface area contributed by atoms with E-state index in [1.54, 1.807) is 11.3 Å². The van der Waals surface area contributed by atoms with E-state index in [0.717, 1.165) is 14.9 Å². The number of carboxylic acids is 2. The monoisotopic (exact) mass is 653 g/mol. The molecule has 0 spiro atoms. The number of nitrogens with two attached hydrogens (primary N) is 1. The van der Waals surface area contributed by atoms with Gasteiger partial charge in [0.05, 0.1) is 28.0 Å². The zero-order valence-corrected chi connectivity index (χ0v) is 25.9. The number of amides is 2. The van der Waals surface area contributed by atoms with Crippen LogP contribution < -0.4 is 11.1 Å². The van der Waals surface area contributed by atoms with Gasteiger partial charge in [-0.1, -0.05) is 28.7 Å². The molecule has 18 heteroatoms. The van der Waals surface area contributed by atoms with Gasteiger partial charge in [-0.3, -0.25) is 14.5 Å². The van der Waals surface area contributed by atoms with Crippen LogP contribution in [0.5, 0.6) is 0 Å². The number of thioether (sulfide) groups is 3. The number of carbonyl (C=O) groups excluding carboxylic acids is 2. The summed E-state index contributed by atoms with van der Waals surface area (Å²) in [4.78, 5) is 65.7. The summed E-state index contributed by atoms with van der Waals surface area (Å²) in [6, 6.07) is -1.02. The Morgan fingerprint density at radius 2 is 2.10 bits per heavy atom. The molecule has 5 heterocycles. The largest absolute Gasteiger partial charge is 0.478 e. The first kappa shape index (κ1) is 30.1. The molecule has 5 N–H and O–H groups in total. The molecule has 0 saturated carbocycles. The summed E-state index contributed by atoms with van der Waals surface area (Å²) in [7, 11) is 1.96. The van der Waals surface area contributed by atoms with E-state index in [4.69, 9.17) is 10.6 Å². The highest BCUT2D eigenvalue weighted by Crippen LogP contribution is 2.42. The number of amidine groups is 1. The molecule has 0 aliphatic carbocycles. The zero-order chi connectivity index (χ0) is 30.3. The minimum absolute atomic E-state index is 0.0882. The molecule has 1 aromatic rings. The molecule has 0 bridgehead atoms. The molecular formula is C24H27N7O7S4. The van der Waals surface area contributed by atoms with Crippen molar-refractivity contribution in [2.24, 2.45) is 10.9 Å². The van der Waals surface area contributed by atoms with Crippen molar-refractivity contribution in [2.75, 3.05) is 24.4 Å². The average molecular weight is 654 g/mol. The fraction of sp³-hybridized carbons (Fsp3) is 0.417. The van der Waals surface area contributed by atoms with Crippen molar-refractivity contribution >= 4 is 82.3 Å². The lowest BCUT2D eigenvalue weighted by atomic mass is 10.0. The fourth-order valence-corrected chi connectivity index (χ4v) is 8.45. The number of aliphatic carboxylic acids is 2. The maximum absolute atomic E-state index is 13.3. The van der Waals surface area contributed by atoms with Gasteiger partial charge in [-0.25, -0.2) is 14.6 Å². The number of oxime groups is 1. The van der Waals surface area contributed by atoms with Crippen LogP contribution >= 0.6 is 46.6 Å². The number of carboxylic acid groups (broad SMARTS) is 2. The van der Waals surface area contributed by atoms with Gasteiger partial charge < -0.3 is 35.9 Å². The number of carbonyl (C=O) groups is 4. The number of nitrogens with one attached hydrogen (secondary N) is 1. The first-order chi connectivity index (χ1) is 19.9. The molecule has 1 fully saturated rings. The van der Waals surface area contributed by atoms with Gasteiger partial charge >= 0.3 is 11.9 Å². The Labute approximate surface area is 257 Å². The number of rotatable bonds is 8. The average Bonchev–Trinajstić information content (AvgIpc) is 3.54. The van der Waals surface area contributed by atoms with Crippen molar-refractivity contribution < 1.29 is 34.2 Å². The Balaban J connectivity index is 1.29. The molecule has 2 atom stereocenters. The van der Waals surface area contributed by atoms with Gasteiger partial charge in [0, 0.05) is 31.0 Å². The SMILES string of the molecule is CN1C=Cc2sc(SCC3=C(C(=O)O)N4C(=O)C(NC(=O)/C(=N/OC(C)(C)C(=O)O)N5C=C(N)SC5)[C@H]4SC3)nc2C1. The van der Waals surface area contributed by atoms with Gasteiger partial charge in [0.25, 0.3) is 11.8 Å². The van der Waals surface area contributed by atoms with Crippen molar-refractivity contribution in [3.05, 3.63) is 39.3 Å². The Hall–Kier alpha value is -3.35. The summed E-state index contributed by atoms with van der Waals surface area (Å²) in [5, 5.41) is 25.5. The summed E-state index contributed by atoms with van der Waals surface area (Å²) < 4.78 is 0.819. The second-order valence-corrected chi connectivity index (χ2v) is 14.4. The van der Waals surface area contributed by atoms with Gasteiger partial charge in [-0.05, 0) is 25.5 Å². The van der Waals surface area contributed by atoms with Gasteiger partial charge in [-0.2, -0.15) is 0 Å². The van der Waals surface area contributed by atoms with E-state index in [0.29, 0.717) is 28.7 Å². The second-order valence-electron chi connectivity index (χ2n) is 10.0. The van der Waals surface area contributed by atoms with Crippen molar-refractivity contribution in [3.8, 4) is 0 Å². The van der Waals surface area contributed by atoms with Crippen LogP contribution in [0.2, 0.25) is 0 Å². The summed E-state index contributed by atoms with van der Waals surface area (Å²) in [5.74, 6) is -3.25. The molecular weight excluding hydrogens is 627 g/mol. The van der Waals surface area contributed by atoms with Crippen molar-refractivity contribution in [2.45, 2.75) is 41.7 Å². The standard InChI is InChI=1S/C24H27N7O7S4/c1-24(2,22(36)37)38-28-17(30-7-14(25)41-10-30)18(32)27-15-19(33)31-16(21(34)35)11(8-39-20(15)31)9-40-23-26-12-6-29(3)5-4-13(12)42-23/h4-5,7,15,20H,6,8-10,25H2,1-3H3,(H,27,32)(H,34,35)(H,36,37)/b28-17-/t15?,20-/m1/s1. The van der Waals surface area contributed by atoms with Crippen molar-refractivity contribution in [3.63, 3.8) is 0 Å². The third kappa shape index (κ3) is 5.93. The van der Waals surface area contributed by atoms with Crippen LogP contribution in [0.4, 0.5) is 0 Å². The number of fused-ring (bicyclic) bond motifs is 2. The van der Waals surface area contributed by atoms with Crippen LogP contribution in [0, 0.1) is 0 Å². The number of thiazole rings is 1. The van der Waals surface area contributed by atoms with Gasteiger partial charge in [0.15, 0.2) is 4.34 Å². The molecule has 4 aliphatic heterocycles. The van der Waals surface area contributed by atoms with E-state index in [2.05, 4.69) is 15.5 Å². The summed E-state index contributed by atoms with van der Waals surface area (Å²) >= 11 is 5.55. The molecule has 0 aromatic carbocycles. The normalized spacial score (nSPS) is 22.0. The van der Waals surface area contributed by atoms with Crippen LogP contribution in [0.3, 0.4) is 0 Å². The Kier molecular flexibility index (Phi) is 8.41. The molecule has 1 unspecified atom stereocenters. The maximum atomic E-state index is 13.3. The molecule has 1 aromatic heterocycles. The summed E-state index contributed by atoms with van der Waals surface area (Å²) in [5.41, 5.74) is 5.57. The summed E-state index contributed by atoms with van der Waals surface area (Å²) in [6.07, 6.45) is 5.43. The van der Waals surface area contributed by atoms with Gasteiger partial charge in [0.2, 0.25) is 11.4 Å². The number of hydrogen-bond acceptors (Lipinski definition) is 13. The number of β-lactam (4-membered cyclic amide) rings is 1. The van der Waals surface area contributed by atoms with Gasteiger partial charge in [0.1, 0.15) is 17.1 Å². The Morgan fingerprint density at radius 1 is 1.33 bits per heavy atom. The Bertz CT molecular complexity index is 1470. The molecule has 224 valence electrons. The minimum atomic E-state index is -1.73. The molecule has 0 radical (unpaired) electrons. The minimum Gasteiger partial charge on any atom is -0.478 e. The van der Waals surface area contributed by atoms with Crippen LogP contribution in [0.25, 0.3) is 6.08 Å². The molecule has 42 heavy (non-hydrogen) atoms. The fourth-order valence-electron chi connectivity index (χ4n) is 4.19. The van der Waals surface area contributed by atoms with E-state index >= 15 is 0 Å². The highest BCUT2D eigenvalue weighted by molar-refractivity contribution is 8.03. The van der Waals surface area contributed by atoms with E-state index in [-0.39, 0.29) is 17.4 Å². The molecule has 4 aliphatic rings. The molecule has 1 saturated heterocycles. The Morgan fingerprint density at radius 3 is 2.76 bits per heavy atom. The lowest BCUT2D eigenvalue weighted by molar-refractivity contribution is -0.161. The van der Waals surface area contributed by atoms with E-state index in [9.17, 15) is 29.4 Å².